The molecule has 0 spiro atoms. The number of carbonyl (C=O) groups excluding carboxylic acids is 1. The number of aromatic nitrogens is 3. The van der Waals surface area contributed by atoms with Crippen molar-refractivity contribution in [2.75, 3.05) is 6.54 Å². The lowest BCUT2D eigenvalue weighted by Crippen LogP contribution is -2.47. The number of thiophene rings is 1. The maximum absolute atomic E-state index is 12.2. The van der Waals surface area contributed by atoms with Gasteiger partial charge in [0.2, 0.25) is 0 Å². The van der Waals surface area contributed by atoms with Crippen molar-refractivity contribution in [2.24, 2.45) is 0 Å². The fourth-order valence-corrected chi connectivity index (χ4v) is 3.28. The van der Waals surface area contributed by atoms with Crippen molar-refractivity contribution in [2.45, 2.75) is 19.0 Å². The molecule has 0 radical (unpaired) electrons. The van der Waals surface area contributed by atoms with Crippen LogP contribution >= 0.6 is 11.3 Å². The molecule has 3 rings (SSSR count). The molecule has 8 nitrogen and oxygen atoms in total. The van der Waals surface area contributed by atoms with E-state index in [-0.39, 0.29) is 6.54 Å². The first-order valence-corrected chi connectivity index (χ1v) is 7.22. The van der Waals surface area contributed by atoms with Gasteiger partial charge in [0, 0.05) is 11.4 Å². The topological polar surface area (TPSA) is 111 Å². The quantitative estimate of drug-likeness (QED) is 0.775. The molecule has 1 atom stereocenters. The zero-order chi connectivity index (χ0) is 14.8. The SMILES string of the molecule is O=C(O)C1c2ccsc2CCN1C(=O)NCc1ncn[nH]1. The first kappa shape index (κ1) is 13.6. The molecule has 3 heterocycles. The van der Waals surface area contributed by atoms with Crippen LogP contribution in [0.1, 0.15) is 22.3 Å². The van der Waals surface area contributed by atoms with E-state index in [0.717, 1.165) is 4.88 Å². The monoisotopic (exact) mass is 307 g/mol. The van der Waals surface area contributed by atoms with Gasteiger partial charge in [-0.2, -0.15) is 5.10 Å². The summed E-state index contributed by atoms with van der Waals surface area (Å²) in [6, 6.07) is 0.416. The first-order chi connectivity index (χ1) is 10.2. The fraction of sp³-hybridized carbons (Fsp3) is 0.333. The number of hydrogen-bond acceptors (Lipinski definition) is 5. The van der Waals surface area contributed by atoms with Gasteiger partial charge >= 0.3 is 12.0 Å². The Labute approximate surface area is 123 Å². The first-order valence-electron chi connectivity index (χ1n) is 6.34. The second-order valence-corrected chi connectivity index (χ2v) is 5.57. The number of aliphatic carboxylic acids is 1. The summed E-state index contributed by atoms with van der Waals surface area (Å²) in [4.78, 5) is 30.0. The molecule has 0 fully saturated rings. The van der Waals surface area contributed by atoms with Gasteiger partial charge in [0.1, 0.15) is 12.2 Å². The Morgan fingerprint density at radius 2 is 2.43 bits per heavy atom. The summed E-state index contributed by atoms with van der Waals surface area (Å²) >= 11 is 1.53. The molecule has 0 aromatic carbocycles. The van der Waals surface area contributed by atoms with Crippen LogP contribution in [0.5, 0.6) is 0 Å². The maximum Gasteiger partial charge on any atom is 0.331 e. The minimum Gasteiger partial charge on any atom is -0.479 e. The summed E-state index contributed by atoms with van der Waals surface area (Å²) in [5.74, 6) is -0.507. The van der Waals surface area contributed by atoms with Crippen LogP contribution in [-0.2, 0) is 17.8 Å². The highest BCUT2D eigenvalue weighted by molar-refractivity contribution is 7.10. The zero-order valence-electron chi connectivity index (χ0n) is 10.9. The number of H-pyrrole nitrogens is 1. The molecular formula is C12H13N5O3S. The molecular weight excluding hydrogens is 294 g/mol. The number of nitrogens with zero attached hydrogens (tertiary/aromatic N) is 3. The van der Waals surface area contributed by atoms with Crippen molar-refractivity contribution >= 4 is 23.3 Å². The number of rotatable bonds is 3. The van der Waals surface area contributed by atoms with Gasteiger partial charge in [0.15, 0.2) is 6.04 Å². The van der Waals surface area contributed by atoms with E-state index in [1.807, 2.05) is 5.38 Å². The number of carbonyl (C=O) groups is 2. The van der Waals surface area contributed by atoms with Gasteiger partial charge in [0.25, 0.3) is 0 Å². The molecule has 110 valence electrons. The number of hydrogen-bond donors (Lipinski definition) is 3. The summed E-state index contributed by atoms with van der Waals surface area (Å²) in [5, 5.41) is 20.3. The van der Waals surface area contributed by atoms with Gasteiger partial charge in [-0.25, -0.2) is 14.6 Å². The lowest BCUT2D eigenvalue weighted by atomic mass is 10.0. The van der Waals surface area contributed by atoms with Gasteiger partial charge in [-0.1, -0.05) is 0 Å². The molecule has 1 aliphatic heterocycles. The zero-order valence-corrected chi connectivity index (χ0v) is 11.8. The lowest BCUT2D eigenvalue weighted by Gasteiger charge is -2.33. The Balaban J connectivity index is 1.74. The van der Waals surface area contributed by atoms with E-state index >= 15 is 0 Å². The van der Waals surface area contributed by atoms with E-state index in [9.17, 15) is 14.7 Å². The van der Waals surface area contributed by atoms with E-state index in [0.29, 0.717) is 24.4 Å². The number of urea groups is 1. The highest BCUT2D eigenvalue weighted by Gasteiger charge is 2.36. The number of nitrogens with one attached hydrogen (secondary N) is 2. The number of amides is 2. The lowest BCUT2D eigenvalue weighted by molar-refractivity contribution is -0.142. The van der Waals surface area contributed by atoms with Crippen molar-refractivity contribution < 1.29 is 14.7 Å². The molecule has 0 saturated carbocycles. The molecule has 3 N–H and O–H groups in total. The van der Waals surface area contributed by atoms with E-state index in [1.54, 1.807) is 6.07 Å². The van der Waals surface area contributed by atoms with Gasteiger partial charge in [-0.15, -0.1) is 11.3 Å². The van der Waals surface area contributed by atoms with Crippen LogP contribution in [0.3, 0.4) is 0 Å². The van der Waals surface area contributed by atoms with Gasteiger partial charge < -0.3 is 15.3 Å². The molecule has 2 aromatic heterocycles. The van der Waals surface area contributed by atoms with Crippen LogP contribution in [0.25, 0.3) is 0 Å². The average molecular weight is 307 g/mol. The summed E-state index contributed by atoms with van der Waals surface area (Å²) in [6.45, 7) is 0.560. The molecule has 0 saturated heterocycles. The second-order valence-electron chi connectivity index (χ2n) is 4.57. The van der Waals surface area contributed by atoms with Crippen molar-refractivity contribution in [3.05, 3.63) is 34.0 Å². The molecule has 2 amide bonds. The summed E-state index contributed by atoms with van der Waals surface area (Å²) in [6.07, 6.45) is 2.02. The van der Waals surface area contributed by atoms with Crippen LogP contribution in [0.2, 0.25) is 0 Å². The predicted molar refractivity (Wildman–Crippen MR) is 73.7 cm³/mol. The summed E-state index contributed by atoms with van der Waals surface area (Å²) in [5.41, 5.74) is 0.702. The van der Waals surface area contributed by atoms with Gasteiger partial charge in [-0.3, -0.25) is 5.10 Å². The third kappa shape index (κ3) is 2.59. The van der Waals surface area contributed by atoms with E-state index in [1.165, 1.54) is 22.6 Å². The van der Waals surface area contributed by atoms with Crippen molar-refractivity contribution in [3.63, 3.8) is 0 Å². The largest absolute Gasteiger partial charge is 0.479 e. The number of aromatic amines is 1. The maximum atomic E-state index is 12.2. The molecule has 9 heteroatoms. The number of carboxylic acids is 1. The number of fused-ring (bicyclic) bond motifs is 1. The molecule has 1 aliphatic rings. The van der Waals surface area contributed by atoms with Crippen LogP contribution in [0, 0.1) is 0 Å². The highest BCUT2D eigenvalue weighted by Crippen LogP contribution is 2.33. The minimum atomic E-state index is -1.02. The molecule has 21 heavy (non-hydrogen) atoms. The average Bonchev–Trinajstić information content (AvgIpc) is 3.14. The Hall–Kier alpha value is -2.42. The van der Waals surface area contributed by atoms with Crippen molar-refractivity contribution in [1.82, 2.24) is 25.4 Å². The van der Waals surface area contributed by atoms with Crippen molar-refractivity contribution in [1.29, 1.82) is 0 Å². The molecule has 1 unspecified atom stereocenters. The summed E-state index contributed by atoms with van der Waals surface area (Å²) in [7, 11) is 0. The van der Waals surface area contributed by atoms with Crippen LogP contribution < -0.4 is 5.32 Å². The van der Waals surface area contributed by atoms with Crippen LogP contribution in [0.4, 0.5) is 4.79 Å². The van der Waals surface area contributed by atoms with Crippen LogP contribution in [0.15, 0.2) is 17.8 Å². The van der Waals surface area contributed by atoms with E-state index in [2.05, 4.69) is 20.5 Å². The molecule has 2 aromatic rings. The standard InChI is InChI=1S/C12H13N5O3S/c18-11(19)10-7-2-4-21-8(7)1-3-17(10)12(20)13-5-9-14-6-15-16-9/h2,4,6,10H,1,3,5H2,(H,13,20)(H,18,19)(H,14,15,16). The van der Waals surface area contributed by atoms with Gasteiger partial charge in [0.05, 0.1) is 6.54 Å². The van der Waals surface area contributed by atoms with Crippen molar-refractivity contribution in [3.8, 4) is 0 Å². The highest BCUT2D eigenvalue weighted by atomic mass is 32.1. The molecule has 0 bridgehead atoms. The number of carboxylic acid groups (broad SMARTS) is 1. The van der Waals surface area contributed by atoms with E-state index < -0.39 is 18.0 Å². The Bertz CT molecular complexity index is 654. The minimum absolute atomic E-state index is 0.179. The third-order valence-electron chi connectivity index (χ3n) is 3.33. The Morgan fingerprint density at radius 3 is 3.14 bits per heavy atom. The van der Waals surface area contributed by atoms with Gasteiger partial charge in [-0.05, 0) is 23.4 Å². The fourth-order valence-electron chi connectivity index (χ4n) is 2.38. The van der Waals surface area contributed by atoms with Crippen LogP contribution in [-0.4, -0.2) is 43.7 Å². The summed E-state index contributed by atoms with van der Waals surface area (Å²) < 4.78 is 0. The molecule has 0 aliphatic carbocycles. The normalized spacial score (nSPS) is 17.3. The third-order valence-corrected chi connectivity index (χ3v) is 4.33. The Kier molecular flexibility index (Phi) is 3.57. The Morgan fingerprint density at radius 1 is 1.57 bits per heavy atom. The predicted octanol–water partition coefficient (Wildman–Crippen LogP) is 0.760. The second kappa shape index (κ2) is 5.52. The smallest absolute Gasteiger partial charge is 0.331 e. The van der Waals surface area contributed by atoms with E-state index in [4.69, 9.17) is 0 Å².